The van der Waals surface area contributed by atoms with E-state index in [0.29, 0.717) is 0 Å². The Balaban J connectivity index is 1.41. The lowest BCUT2D eigenvalue weighted by Gasteiger charge is -2.12. The van der Waals surface area contributed by atoms with Crippen molar-refractivity contribution in [3.05, 3.63) is 146 Å². The van der Waals surface area contributed by atoms with Crippen LogP contribution in [-0.2, 0) is 0 Å². The summed E-state index contributed by atoms with van der Waals surface area (Å²) in [4.78, 5) is 0. The number of para-hydroxylation sites is 3. The molecule has 0 N–H and O–H groups in total. The van der Waals surface area contributed by atoms with Crippen LogP contribution in [0.1, 0.15) is 0 Å². The molecular weight excluding hydrogens is 524 g/mol. The van der Waals surface area contributed by atoms with Crippen molar-refractivity contribution in [1.82, 2.24) is 9.13 Å². The normalized spacial score (nSPS) is 12.2. The Morgan fingerprint density at radius 1 is 0.326 bits per heavy atom. The molecule has 7 aromatic carbocycles. The van der Waals surface area contributed by atoms with Gasteiger partial charge in [-0.1, -0.05) is 97.1 Å². The minimum absolute atomic E-state index is 0.901. The van der Waals surface area contributed by atoms with Gasteiger partial charge in [-0.2, -0.15) is 0 Å². The summed E-state index contributed by atoms with van der Waals surface area (Å²) < 4.78 is 11.2. The lowest BCUT2D eigenvalue weighted by Crippen LogP contribution is -1.96. The topological polar surface area (TPSA) is 23.0 Å². The number of hydrogen-bond acceptors (Lipinski definition) is 1. The van der Waals surface area contributed by atoms with Crippen LogP contribution in [0.25, 0.3) is 87.7 Å². The molecule has 0 aliphatic rings. The Hall–Kier alpha value is -5.80. The molecule has 200 valence electrons. The average molecular weight is 549 g/mol. The smallest absolute Gasteiger partial charge is 0.137 e. The third kappa shape index (κ3) is 2.98. The van der Waals surface area contributed by atoms with Gasteiger partial charge in [0, 0.05) is 32.3 Å². The lowest BCUT2D eigenvalue weighted by atomic mass is 10.1. The minimum atomic E-state index is 0.901. The van der Waals surface area contributed by atoms with Crippen LogP contribution in [0, 0.1) is 0 Å². The molecule has 0 radical (unpaired) electrons. The summed E-state index contributed by atoms with van der Waals surface area (Å²) in [6, 6.07) is 52.2. The van der Waals surface area contributed by atoms with Gasteiger partial charge < -0.3 is 13.6 Å². The SMILES string of the molecule is c1ccc2c(-n3c4ccccc4c4c5c6ccccc6n(-c6cccc7oc8ccccc8c67)c5ccc43)cccc2c1. The Kier molecular flexibility index (Phi) is 4.45. The molecule has 0 amide bonds. The van der Waals surface area contributed by atoms with Gasteiger partial charge in [0.15, 0.2) is 0 Å². The van der Waals surface area contributed by atoms with E-state index in [0.717, 1.165) is 27.6 Å². The van der Waals surface area contributed by atoms with Gasteiger partial charge in [-0.05, 0) is 53.9 Å². The maximum absolute atomic E-state index is 6.31. The highest BCUT2D eigenvalue weighted by molar-refractivity contribution is 6.29. The molecule has 0 aliphatic heterocycles. The lowest BCUT2D eigenvalue weighted by molar-refractivity contribution is 0.669. The molecule has 3 heterocycles. The van der Waals surface area contributed by atoms with Gasteiger partial charge in [-0.15, -0.1) is 0 Å². The molecular formula is C40H24N2O. The van der Waals surface area contributed by atoms with Crippen molar-refractivity contribution in [2.45, 2.75) is 0 Å². The second-order valence-electron chi connectivity index (χ2n) is 11.3. The van der Waals surface area contributed by atoms with Crippen molar-refractivity contribution in [1.29, 1.82) is 0 Å². The number of furan rings is 1. The monoisotopic (exact) mass is 548 g/mol. The van der Waals surface area contributed by atoms with E-state index in [1.54, 1.807) is 0 Å². The van der Waals surface area contributed by atoms with Crippen LogP contribution in [0.5, 0.6) is 0 Å². The summed E-state index contributed by atoms with van der Waals surface area (Å²) in [5.41, 5.74) is 8.93. The van der Waals surface area contributed by atoms with Crippen molar-refractivity contribution in [2.75, 3.05) is 0 Å². The van der Waals surface area contributed by atoms with E-state index in [-0.39, 0.29) is 0 Å². The van der Waals surface area contributed by atoms with E-state index < -0.39 is 0 Å². The summed E-state index contributed by atoms with van der Waals surface area (Å²) in [6.07, 6.45) is 0. The first-order chi connectivity index (χ1) is 21.4. The van der Waals surface area contributed by atoms with Crippen molar-refractivity contribution < 1.29 is 4.42 Å². The summed E-state index contributed by atoms with van der Waals surface area (Å²) in [7, 11) is 0. The second kappa shape index (κ2) is 8.37. The first-order valence-corrected chi connectivity index (χ1v) is 14.7. The Morgan fingerprint density at radius 2 is 0.837 bits per heavy atom. The molecule has 0 bridgehead atoms. The summed E-state index contributed by atoms with van der Waals surface area (Å²) in [5.74, 6) is 0. The maximum atomic E-state index is 6.31. The van der Waals surface area contributed by atoms with E-state index in [1.165, 1.54) is 60.1 Å². The van der Waals surface area contributed by atoms with Gasteiger partial charge in [-0.25, -0.2) is 0 Å². The van der Waals surface area contributed by atoms with Crippen molar-refractivity contribution in [3.8, 4) is 11.4 Å². The van der Waals surface area contributed by atoms with E-state index in [4.69, 9.17) is 4.42 Å². The maximum Gasteiger partial charge on any atom is 0.137 e. The van der Waals surface area contributed by atoms with Gasteiger partial charge in [0.2, 0.25) is 0 Å². The summed E-state index contributed by atoms with van der Waals surface area (Å²) in [6.45, 7) is 0. The molecule has 0 unspecified atom stereocenters. The number of fused-ring (bicyclic) bond motifs is 11. The zero-order chi connectivity index (χ0) is 28.1. The Morgan fingerprint density at radius 3 is 1.58 bits per heavy atom. The number of rotatable bonds is 2. The van der Waals surface area contributed by atoms with Gasteiger partial charge in [0.05, 0.1) is 38.8 Å². The number of aromatic nitrogens is 2. The highest BCUT2D eigenvalue weighted by Crippen LogP contribution is 2.44. The van der Waals surface area contributed by atoms with Crippen LogP contribution in [0.4, 0.5) is 0 Å². The molecule has 3 heteroatoms. The van der Waals surface area contributed by atoms with E-state index in [1.807, 2.05) is 6.07 Å². The highest BCUT2D eigenvalue weighted by atomic mass is 16.3. The van der Waals surface area contributed by atoms with Crippen molar-refractivity contribution in [2.24, 2.45) is 0 Å². The number of benzene rings is 7. The first kappa shape index (κ1) is 22.8. The largest absolute Gasteiger partial charge is 0.456 e. The molecule has 43 heavy (non-hydrogen) atoms. The zero-order valence-corrected chi connectivity index (χ0v) is 23.2. The molecule has 0 saturated carbocycles. The van der Waals surface area contributed by atoms with Crippen LogP contribution in [0.15, 0.2) is 150 Å². The van der Waals surface area contributed by atoms with Crippen LogP contribution in [-0.4, -0.2) is 9.13 Å². The number of hydrogen-bond donors (Lipinski definition) is 0. The van der Waals surface area contributed by atoms with Gasteiger partial charge in [0.1, 0.15) is 11.2 Å². The van der Waals surface area contributed by atoms with Crippen LogP contribution in [0.3, 0.4) is 0 Å². The molecule has 0 fully saturated rings. The van der Waals surface area contributed by atoms with E-state index in [9.17, 15) is 0 Å². The third-order valence-corrected chi connectivity index (χ3v) is 9.10. The minimum Gasteiger partial charge on any atom is -0.456 e. The fourth-order valence-corrected chi connectivity index (χ4v) is 7.38. The third-order valence-electron chi connectivity index (χ3n) is 9.10. The molecule has 3 aromatic heterocycles. The van der Waals surface area contributed by atoms with Crippen molar-refractivity contribution in [3.63, 3.8) is 0 Å². The quantitative estimate of drug-likeness (QED) is 0.211. The van der Waals surface area contributed by atoms with Gasteiger partial charge in [-0.3, -0.25) is 0 Å². The fraction of sp³-hybridized carbons (Fsp3) is 0. The summed E-state index contributed by atoms with van der Waals surface area (Å²) in [5, 5.41) is 9.80. The van der Waals surface area contributed by atoms with Crippen LogP contribution in [0.2, 0.25) is 0 Å². The Labute approximate surface area is 246 Å². The number of nitrogens with zero attached hydrogens (tertiary/aromatic N) is 2. The van der Waals surface area contributed by atoms with Crippen LogP contribution < -0.4 is 0 Å². The van der Waals surface area contributed by atoms with Crippen molar-refractivity contribution >= 4 is 76.3 Å². The van der Waals surface area contributed by atoms with Crippen LogP contribution >= 0.6 is 0 Å². The average Bonchev–Trinajstić information content (AvgIpc) is 3.72. The first-order valence-electron chi connectivity index (χ1n) is 14.7. The van der Waals surface area contributed by atoms with Gasteiger partial charge in [0.25, 0.3) is 0 Å². The predicted molar refractivity (Wildman–Crippen MR) is 180 cm³/mol. The highest BCUT2D eigenvalue weighted by Gasteiger charge is 2.22. The molecule has 10 rings (SSSR count). The second-order valence-corrected chi connectivity index (χ2v) is 11.3. The summed E-state index contributed by atoms with van der Waals surface area (Å²) >= 11 is 0. The van der Waals surface area contributed by atoms with Gasteiger partial charge >= 0.3 is 0 Å². The molecule has 10 aromatic rings. The molecule has 0 aliphatic carbocycles. The Bertz CT molecular complexity index is 2730. The molecule has 0 atom stereocenters. The van der Waals surface area contributed by atoms with E-state index in [2.05, 4.69) is 149 Å². The predicted octanol–water partition coefficient (Wildman–Crippen LogP) is 10.9. The standard InChI is InChI=1S/C40H24N2O/c1-2-13-26-25(11-1)12-9-19-30(26)41-31-17-6-3-14-27(31)39-34(41)23-24-35-40(39)28-15-4-7-18-32(28)42(35)33-20-10-22-37-38(33)29-16-5-8-21-36(29)43-37/h1-24H. The van der Waals surface area contributed by atoms with E-state index >= 15 is 0 Å². The zero-order valence-electron chi connectivity index (χ0n) is 23.2. The molecule has 0 spiro atoms. The fourth-order valence-electron chi connectivity index (χ4n) is 7.38. The molecule has 0 saturated heterocycles. The molecule has 3 nitrogen and oxygen atoms in total.